The Bertz CT molecular complexity index is 752. The van der Waals surface area contributed by atoms with Crippen LogP contribution < -0.4 is 5.32 Å². The molecule has 0 spiro atoms. The molecule has 1 aliphatic rings. The van der Waals surface area contributed by atoms with E-state index in [1.54, 1.807) is 17.7 Å². The van der Waals surface area contributed by atoms with Crippen molar-refractivity contribution in [1.82, 2.24) is 9.97 Å². The molecule has 2 aromatic rings. The molecule has 1 fully saturated rings. The van der Waals surface area contributed by atoms with Crippen LogP contribution in [-0.4, -0.2) is 36.4 Å². The van der Waals surface area contributed by atoms with Gasteiger partial charge in [-0.2, -0.15) is 0 Å². The van der Waals surface area contributed by atoms with Gasteiger partial charge in [0.2, 0.25) is 0 Å². The molecule has 0 aromatic carbocycles. The summed E-state index contributed by atoms with van der Waals surface area (Å²) in [7, 11) is -2.82. The van der Waals surface area contributed by atoms with Crippen LogP contribution >= 0.6 is 11.3 Å². The largest absolute Gasteiger partial charge is 0.369 e. The Kier molecular flexibility index (Phi) is 3.41. The first-order chi connectivity index (χ1) is 9.46. The third-order valence-electron chi connectivity index (χ3n) is 3.85. The Morgan fingerprint density at radius 1 is 1.40 bits per heavy atom. The Labute approximate surface area is 122 Å². The van der Waals surface area contributed by atoms with Gasteiger partial charge in [0, 0.05) is 11.4 Å². The van der Waals surface area contributed by atoms with E-state index in [0.717, 1.165) is 22.5 Å². The number of hydrogen-bond acceptors (Lipinski definition) is 6. The summed E-state index contributed by atoms with van der Waals surface area (Å²) in [6, 6.07) is 0. The lowest BCUT2D eigenvalue weighted by Gasteiger charge is -2.11. The van der Waals surface area contributed by atoms with Crippen LogP contribution in [0, 0.1) is 19.8 Å². The van der Waals surface area contributed by atoms with Crippen molar-refractivity contribution >= 4 is 37.2 Å². The van der Waals surface area contributed by atoms with E-state index < -0.39 is 9.84 Å². The van der Waals surface area contributed by atoms with E-state index in [0.29, 0.717) is 12.3 Å². The second kappa shape index (κ2) is 4.96. The van der Waals surface area contributed by atoms with Crippen LogP contribution in [0.3, 0.4) is 0 Å². The van der Waals surface area contributed by atoms with E-state index in [-0.39, 0.29) is 11.7 Å². The fourth-order valence-electron chi connectivity index (χ4n) is 2.59. The zero-order valence-corrected chi connectivity index (χ0v) is 13.1. The molecule has 3 heterocycles. The third kappa shape index (κ3) is 2.52. The van der Waals surface area contributed by atoms with E-state index in [4.69, 9.17) is 0 Å². The van der Waals surface area contributed by atoms with Gasteiger partial charge in [-0.3, -0.25) is 0 Å². The number of fused-ring (bicyclic) bond motifs is 1. The number of nitrogens with zero attached hydrogens (tertiary/aromatic N) is 2. The summed E-state index contributed by atoms with van der Waals surface area (Å²) < 4.78 is 22.9. The molecule has 20 heavy (non-hydrogen) atoms. The zero-order chi connectivity index (χ0) is 14.3. The molecule has 1 atom stereocenters. The summed E-state index contributed by atoms with van der Waals surface area (Å²) in [6.45, 7) is 4.80. The van der Waals surface area contributed by atoms with Gasteiger partial charge in [0.05, 0.1) is 16.9 Å². The molecular formula is C13H17N3O2S2. The van der Waals surface area contributed by atoms with E-state index in [2.05, 4.69) is 29.1 Å². The molecule has 2 aromatic heterocycles. The molecule has 0 saturated carbocycles. The van der Waals surface area contributed by atoms with Gasteiger partial charge in [0.15, 0.2) is 9.84 Å². The van der Waals surface area contributed by atoms with Crippen molar-refractivity contribution in [2.24, 2.45) is 5.92 Å². The average Bonchev–Trinajstić information content (AvgIpc) is 2.88. The van der Waals surface area contributed by atoms with E-state index in [1.165, 1.54) is 10.4 Å². The standard InChI is InChI=1S/C13H17N3O2S2/c1-8-9(2)19-13-11(8)12(15-7-16-13)14-5-10-3-4-20(17,18)6-10/h7,10H,3-6H2,1-2H3,(H,14,15,16). The second-order valence-corrected chi connectivity index (χ2v) is 8.77. The fourth-order valence-corrected chi connectivity index (χ4v) is 5.45. The highest BCUT2D eigenvalue weighted by molar-refractivity contribution is 7.91. The summed E-state index contributed by atoms with van der Waals surface area (Å²) in [6.07, 6.45) is 2.30. The number of aryl methyl sites for hydroxylation is 2. The minimum absolute atomic E-state index is 0.185. The quantitative estimate of drug-likeness (QED) is 0.940. The van der Waals surface area contributed by atoms with Crippen molar-refractivity contribution in [2.45, 2.75) is 20.3 Å². The van der Waals surface area contributed by atoms with E-state index >= 15 is 0 Å². The minimum Gasteiger partial charge on any atom is -0.369 e. The molecule has 1 saturated heterocycles. The Morgan fingerprint density at radius 2 is 2.20 bits per heavy atom. The second-order valence-electron chi connectivity index (χ2n) is 5.34. The Morgan fingerprint density at radius 3 is 2.90 bits per heavy atom. The maximum Gasteiger partial charge on any atom is 0.150 e. The first-order valence-electron chi connectivity index (χ1n) is 6.61. The molecule has 1 N–H and O–H groups in total. The van der Waals surface area contributed by atoms with Crippen LogP contribution in [0.2, 0.25) is 0 Å². The number of nitrogens with one attached hydrogen (secondary N) is 1. The summed E-state index contributed by atoms with van der Waals surface area (Å²) in [5.74, 6) is 1.61. The lowest BCUT2D eigenvalue weighted by Crippen LogP contribution is -2.16. The molecule has 5 nitrogen and oxygen atoms in total. The lowest BCUT2D eigenvalue weighted by atomic mass is 10.1. The normalized spacial score (nSPS) is 21.4. The zero-order valence-electron chi connectivity index (χ0n) is 11.5. The van der Waals surface area contributed by atoms with Gasteiger partial charge in [-0.25, -0.2) is 18.4 Å². The van der Waals surface area contributed by atoms with Crippen molar-refractivity contribution in [2.75, 3.05) is 23.4 Å². The van der Waals surface area contributed by atoms with Gasteiger partial charge in [0.1, 0.15) is 17.0 Å². The molecule has 7 heteroatoms. The van der Waals surface area contributed by atoms with Crippen molar-refractivity contribution in [3.05, 3.63) is 16.8 Å². The van der Waals surface area contributed by atoms with Crippen LogP contribution in [-0.2, 0) is 9.84 Å². The molecule has 1 aliphatic heterocycles. The molecule has 0 radical (unpaired) electrons. The van der Waals surface area contributed by atoms with Crippen LogP contribution in [0.4, 0.5) is 5.82 Å². The van der Waals surface area contributed by atoms with Gasteiger partial charge >= 0.3 is 0 Å². The Hall–Kier alpha value is -1.21. The predicted octanol–water partition coefficient (Wildman–Crippen LogP) is 2.15. The number of anilines is 1. The highest BCUT2D eigenvalue weighted by Gasteiger charge is 2.27. The SMILES string of the molecule is Cc1sc2ncnc(NCC3CCS(=O)(=O)C3)c2c1C. The number of aromatic nitrogens is 2. The summed E-state index contributed by atoms with van der Waals surface area (Å²) in [5.41, 5.74) is 1.20. The van der Waals surface area contributed by atoms with Crippen LogP contribution in [0.25, 0.3) is 10.2 Å². The number of sulfone groups is 1. The van der Waals surface area contributed by atoms with E-state index in [1.807, 2.05) is 0 Å². The van der Waals surface area contributed by atoms with Gasteiger partial charge < -0.3 is 5.32 Å². The maximum atomic E-state index is 11.5. The topological polar surface area (TPSA) is 72.0 Å². The van der Waals surface area contributed by atoms with Crippen LogP contribution in [0.5, 0.6) is 0 Å². The molecule has 3 rings (SSSR count). The average molecular weight is 311 g/mol. The van der Waals surface area contributed by atoms with E-state index in [9.17, 15) is 8.42 Å². The first-order valence-corrected chi connectivity index (χ1v) is 9.25. The van der Waals surface area contributed by atoms with Crippen molar-refractivity contribution in [3.8, 4) is 0 Å². The molecule has 0 bridgehead atoms. The van der Waals surface area contributed by atoms with Crippen molar-refractivity contribution < 1.29 is 8.42 Å². The van der Waals surface area contributed by atoms with Gasteiger partial charge in [0.25, 0.3) is 0 Å². The molecule has 0 aliphatic carbocycles. The lowest BCUT2D eigenvalue weighted by molar-refractivity contribution is 0.596. The maximum absolute atomic E-state index is 11.5. The number of hydrogen-bond donors (Lipinski definition) is 1. The molecule has 1 unspecified atom stereocenters. The molecule has 108 valence electrons. The van der Waals surface area contributed by atoms with Gasteiger partial charge in [-0.05, 0) is 31.7 Å². The summed E-state index contributed by atoms with van der Waals surface area (Å²) >= 11 is 1.66. The fraction of sp³-hybridized carbons (Fsp3) is 0.538. The Balaban J connectivity index is 1.81. The summed E-state index contributed by atoms with van der Waals surface area (Å²) in [4.78, 5) is 10.8. The first kappa shape index (κ1) is 13.8. The van der Waals surface area contributed by atoms with Crippen molar-refractivity contribution in [1.29, 1.82) is 0 Å². The van der Waals surface area contributed by atoms with Gasteiger partial charge in [-0.1, -0.05) is 0 Å². The number of rotatable bonds is 3. The van der Waals surface area contributed by atoms with Crippen molar-refractivity contribution in [3.63, 3.8) is 0 Å². The van der Waals surface area contributed by atoms with Crippen LogP contribution in [0.1, 0.15) is 16.9 Å². The molecular weight excluding hydrogens is 294 g/mol. The monoisotopic (exact) mass is 311 g/mol. The minimum atomic E-state index is -2.82. The number of thiophene rings is 1. The highest BCUT2D eigenvalue weighted by Crippen LogP contribution is 2.32. The van der Waals surface area contributed by atoms with Gasteiger partial charge in [-0.15, -0.1) is 11.3 Å². The molecule has 0 amide bonds. The third-order valence-corrected chi connectivity index (χ3v) is 6.80. The van der Waals surface area contributed by atoms with Crippen LogP contribution in [0.15, 0.2) is 6.33 Å². The highest BCUT2D eigenvalue weighted by atomic mass is 32.2. The summed E-state index contributed by atoms with van der Waals surface area (Å²) in [5, 5.41) is 4.38. The smallest absolute Gasteiger partial charge is 0.150 e. The predicted molar refractivity (Wildman–Crippen MR) is 82.1 cm³/mol.